The maximum Gasteiger partial charge on any atom is 0.223 e. The Hall–Kier alpha value is -0.440. The molecule has 0 aromatic heterocycles. The molecule has 1 amide bonds. The predicted octanol–water partition coefficient (Wildman–Crippen LogP) is 2.99. The molecule has 18 heavy (non-hydrogen) atoms. The number of amides is 1. The number of fused-ring (bicyclic) bond motifs is 2. The second-order valence-corrected chi connectivity index (χ2v) is 7.56. The summed E-state index contributed by atoms with van der Waals surface area (Å²) in [6.45, 7) is 2.22. The van der Waals surface area contributed by atoms with Gasteiger partial charge in [0.2, 0.25) is 5.91 Å². The normalized spacial score (nSPS) is 41.5. The van der Waals surface area contributed by atoms with E-state index in [2.05, 4.69) is 36.2 Å². The molecule has 2 nitrogen and oxygen atoms in total. The average Bonchev–Trinajstić information content (AvgIpc) is 3.05. The van der Waals surface area contributed by atoms with E-state index in [0.717, 1.165) is 11.7 Å². The zero-order valence-electron chi connectivity index (χ0n) is 11.1. The van der Waals surface area contributed by atoms with Crippen LogP contribution >= 0.6 is 11.8 Å². The van der Waals surface area contributed by atoms with Crippen LogP contribution in [0.2, 0.25) is 0 Å². The number of rotatable bonds is 4. The Balaban J connectivity index is 1.49. The van der Waals surface area contributed by atoms with Crippen molar-refractivity contribution in [2.45, 2.75) is 50.3 Å². The van der Waals surface area contributed by atoms with Gasteiger partial charge in [-0.1, -0.05) is 19.1 Å². The van der Waals surface area contributed by atoms with Crippen LogP contribution in [0.15, 0.2) is 12.2 Å². The predicted molar refractivity (Wildman–Crippen MR) is 76.5 cm³/mol. The number of hydrogen-bond donors (Lipinski definition) is 1. The quantitative estimate of drug-likeness (QED) is 0.792. The van der Waals surface area contributed by atoms with Crippen LogP contribution in [-0.4, -0.2) is 23.0 Å². The Labute approximate surface area is 114 Å². The van der Waals surface area contributed by atoms with Gasteiger partial charge >= 0.3 is 0 Å². The van der Waals surface area contributed by atoms with Crippen LogP contribution in [0.3, 0.4) is 0 Å². The van der Waals surface area contributed by atoms with Crippen LogP contribution in [-0.2, 0) is 4.79 Å². The van der Waals surface area contributed by atoms with Crippen molar-refractivity contribution in [1.82, 2.24) is 5.32 Å². The zero-order valence-corrected chi connectivity index (χ0v) is 11.9. The average molecular weight is 265 g/mol. The summed E-state index contributed by atoms with van der Waals surface area (Å²) in [5.41, 5.74) is 0. The van der Waals surface area contributed by atoms with Gasteiger partial charge in [-0.2, -0.15) is 11.8 Å². The van der Waals surface area contributed by atoms with Gasteiger partial charge in [0.15, 0.2) is 0 Å². The molecular weight excluding hydrogens is 242 g/mol. The van der Waals surface area contributed by atoms with Crippen molar-refractivity contribution in [2.24, 2.45) is 17.8 Å². The molecule has 3 aliphatic rings. The summed E-state index contributed by atoms with van der Waals surface area (Å²) in [5.74, 6) is 3.04. The van der Waals surface area contributed by atoms with Crippen LogP contribution in [0.5, 0.6) is 0 Å². The Morgan fingerprint density at radius 3 is 2.83 bits per heavy atom. The van der Waals surface area contributed by atoms with E-state index in [-0.39, 0.29) is 5.92 Å². The van der Waals surface area contributed by atoms with Crippen molar-refractivity contribution in [3.8, 4) is 0 Å². The highest BCUT2D eigenvalue weighted by Crippen LogP contribution is 2.43. The fourth-order valence-electron chi connectivity index (χ4n) is 3.85. The molecule has 3 heteroatoms. The van der Waals surface area contributed by atoms with E-state index in [9.17, 15) is 4.79 Å². The lowest BCUT2D eigenvalue weighted by Gasteiger charge is -2.20. The third-order valence-electron chi connectivity index (χ3n) is 4.75. The Morgan fingerprint density at radius 2 is 2.17 bits per heavy atom. The largest absolute Gasteiger partial charge is 0.353 e. The van der Waals surface area contributed by atoms with Crippen LogP contribution in [0.4, 0.5) is 0 Å². The maximum absolute atomic E-state index is 12.3. The molecule has 0 unspecified atom stereocenters. The lowest BCUT2D eigenvalue weighted by atomic mass is 9.92. The van der Waals surface area contributed by atoms with E-state index in [1.165, 1.54) is 31.4 Å². The molecule has 2 fully saturated rings. The summed E-state index contributed by atoms with van der Waals surface area (Å²) >= 11 is 2.05. The van der Waals surface area contributed by atoms with Gasteiger partial charge in [0.05, 0.1) is 0 Å². The number of allylic oxidation sites excluding steroid dienone is 2. The van der Waals surface area contributed by atoms with Gasteiger partial charge in [-0.15, -0.1) is 0 Å². The van der Waals surface area contributed by atoms with Gasteiger partial charge in [-0.05, 0) is 49.7 Å². The van der Waals surface area contributed by atoms with Crippen molar-refractivity contribution < 1.29 is 4.79 Å². The summed E-state index contributed by atoms with van der Waals surface area (Å²) in [5, 5.41) is 4.09. The molecule has 3 rings (SSSR count). The van der Waals surface area contributed by atoms with E-state index in [0.29, 0.717) is 23.8 Å². The second-order valence-electron chi connectivity index (χ2n) is 5.98. The van der Waals surface area contributed by atoms with Crippen LogP contribution < -0.4 is 5.32 Å². The topological polar surface area (TPSA) is 29.1 Å². The number of carbonyl (C=O) groups excluding carboxylic acids is 1. The summed E-state index contributed by atoms with van der Waals surface area (Å²) in [4.78, 5) is 12.3. The Kier molecular flexibility index (Phi) is 3.69. The summed E-state index contributed by atoms with van der Waals surface area (Å²) in [6.07, 6.45) is 10.5. The summed E-state index contributed by atoms with van der Waals surface area (Å²) in [7, 11) is 0. The minimum Gasteiger partial charge on any atom is -0.353 e. The van der Waals surface area contributed by atoms with E-state index >= 15 is 0 Å². The van der Waals surface area contributed by atoms with Gasteiger partial charge in [0.1, 0.15) is 0 Å². The van der Waals surface area contributed by atoms with Crippen molar-refractivity contribution in [2.75, 3.05) is 5.75 Å². The fourth-order valence-corrected chi connectivity index (χ4v) is 4.99. The van der Waals surface area contributed by atoms with Gasteiger partial charge in [-0.3, -0.25) is 4.79 Å². The second kappa shape index (κ2) is 5.28. The van der Waals surface area contributed by atoms with Crippen LogP contribution in [0, 0.1) is 17.8 Å². The minimum atomic E-state index is 0.276. The summed E-state index contributed by atoms with van der Waals surface area (Å²) in [6, 6.07) is 0.449. The Bertz CT molecular complexity index is 354. The lowest BCUT2D eigenvalue weighted by Crippen LogP contribution is -2.39. The van der Waals surface area contributed by atoms with E-state index in [4.69, 9.17) is 0 Å². The SMILES string of the molecule is CCS[C@@H]1CC[C@H](NC(=O)[C@@H]2C[C@H]3C=C[C@H]2C3)C1. The smallest absolute Gasteiger partial charge is 0.223 e. The molecule has 0 radical (unpaired) electrons. The Morgan fingerprint density at radius 1 is 1.28 bits per heavy atom. The molecule has 0 aromatic carbocycles. The molecule has 0 saturated heterocycles. The van der Waals surface area contributed by atoms with E-state index < -0.39 is 0 Å². The lowest BCUT2D eigenvalue weighted by molar-refractivity contribution is -0.126. The van der Waals surface area contributed by atoms with E-state index in [1.807, 2.05) is 0 Å². The molecule has 0 aromatic rings. The van der Waals surface area contributed by atoms with Crippen LogP contribution in [0.25, 0.3) is 0 Å². The first-order valence-corrected chi connectivity index (χ1v) is 8.41. The molecule has 2 saturated carbocycles. The minimum absolute atomic E-state index is 0.276. The van der Waals surface area contributed by atoms with Gasteiger partial charge in [0, 0.05) is 17.2 Å². The van der Waals surface area contributed by atoms with Gasteiger partial charge in [-0.25, -0.2) is 0 Å². The molecule has 0 aliphatic heterocycles. The van der Waals surface area contributed by atoms with Crippen molar-refractivity contribution >= 4 is 17.7 Å². The van der Waals surface area contributed by atoms with Gasteiger partial charge in [0.25, 0.3) is 0 Å². The molecule has 5 atom stereocenters. The highest BCUT2D eigenvalue weighted by molar-refractivity contribution is 7.99. The molecule has 0 spiro atoms. The summed E-state index contributed by atoms with van der Waals surface area (Å²) < 4.78 is 0. The van der Waals surface area contributed by atoms with Crippen molar-refractivity contribution in [1.29, 1.82) is 0 Å². The molecule has 3 aliphatic carbocycles. The van der Waals surface area contributed by atoms with Crippen LogP contribution in [0.1, 0.15) is 39.0 Å². The molecule has 100 valence electrons. The molecule has 1 N–H and O–H groups in total. The number of nitrogens with one attached hydrogen (secondary N) is 1. The monoisotopic (exact) mass is 265 g/mol. The van der Waals surface area contributed by atoms with Gasteiger partial charge < -0.3 is 5.32 Å². The maximum atomic E-state index is 12.3. The number of carbonyl (C=O) groups is 1. The fraction of sp³-hybridized carbons (Fsp3) is 0.800. The molecule has 0 heterocycles. The number of thioether (sulfide) groups is 1. The molecule has 2 bridgehead atoms. The first-order valence-electron chi connectivity index (χ1n) is 7.36. The standard InChI is InChI=1S/C15H23NOS/c1-2-18-13-6-5-12(9-13)16-15(17)14-8-10-3-4-11(14)7-10/h3-4,10-14H,2,5-9H2,1H3,(H,16,17)/t10-,11-,12-,13+,14+/m0/s1. The van der Waals surface area contributed by atoms with E-state index in [1.54, 1.807) is 0 Å². The third-order valence-corrected chi connectivity index (χ3v) is 5.98. The number of hydrogen-bond acceptors (Lipinski definition) is 2. The van der Waals surface area contributed by atoms with Crippen molar-refractivity contribution in [3.05, 3.63) is 12.2 Å². The third kappa shape index (κ3) is 2.47. The van der Waals surface area contributed by atoms with Crippen molar-refractivity contribution in [3.63, 3.8) is 0 Å². The molecular formula is C15H23NOS. The first kappa shape index (κ1) is 12.6. The highest BCUT2D eigenvalue weighted by atomic mass is 32.2. The zero-order chi connectivity index (χ0) is 12.5. The first-order chi connectivity index (χ1) is 8.76. The highest BCUT2D eigenvalue weighted by Gasteiger charge is 2.40.